The minimum atomic E-state index is 0.837. The average Bonchev–Trinajstić information content (AvgIpc) is 1.56. The van der Waals surface area contributed by atoms with Crippen LogP contribution >= 0.6 is 0 Å². The highest BCUT2D eigenvalue weighted by Gasteiger charge is 2.23. The molecule has 0 spiro atoms. The first kappa shape index (κ1) is 55.4. The summed E-state index contributed by atoms with van der Waals surface area (Å²) in [5.41, 5.74) is 25.4. The Kier molecular flexibility index (Phi) is 12.6. The highest BCUT2D eigenvalue weighted by molar-refractivity contribution is 6.16. The van der Waals surface area contributed by atoms with Crippen LogP contribution in [0.5, 0.6) is 0 Å². The molecule has 5 heteroatoms. The molecule has 0 aliphatic carbocycles. The van der Waals surface area contributed by atoms with Crippen LogP contribution < -0.4 is 0 Å². The molecule has 20 aromatic rings. The molecular weight excluding hydrogens is 1190 g/mol. The first-order valence-electron chi connectivity index (χ1n) is 33.7. The lowest BCUT2D eigenvalue weighted by atomic mass is 9.92. The van der Waals surface area contributed by atoms with Gasteiger partial charge in [-0.3, -0.25) is 9.13 Å². The van der Waals surface area contributed by atoms with Crippen molar-refractivity contribution in [2.24, 2.45) is 0 Å². The third kappa shape index (κ3) is 8.91. The molecule has 0 saturated heterocycles. The summed E-state index contributed by atoms with van der Waals surface area (Å²) in [7, 11) is 0. The minimum Gasteiger partial charge on any atom is -0.309 e. The van der Waals surface area contributed by atoms with Gasteiger partial charge in [0.1, 0.15) is 11.6 Å². The monoisotopic (exact) mass is 1250 g/mol. The van der Waals surface area contributed by atoms with Crippen molar-refractivity contribution in [3.63, 3.8) is 0 Å². The summed E-state index contributed by atoms with van der Waals surface area (Å²) in [6.07, 6.45) is 0. The lowest BCUT2D eigenvalue weighted by Gasteiger charge is -2.16. The third-order valence-corrected chi connectivity index (χ3v) is 20.3. The fourth-order valence-corrected chi connectivity index (χ4v) is 15.8. The van der Waals surface area contributed by atoms with Crippen LogP contribution in [-0.2, 0) is 0 Å². The predicted molar refractivity (Wildman–Crippen MR) is 412 cm³/mol. The number of fused-ring (bicyclic) bond motifs is 13. The summed E-state index contributed by atoms with van der Waals surface area (Å²) in [5.74, 6) is 1.70. The van der Waals surface area contributed by atoms with Crippen molar-refractivity contribution in [1.82, 2.24) is 23.3 Å². The molecule has 0 amide bonds. The zero-order valence-electron chi connectivity index (χ0n) is 53.3. The Morgan fingerprint density at radius 2 is 0.459 bits per heavy atom. The molecule has 0 aliphatic heterocycles. The molecule has 0 unspecified atom stereocenters. The fraction of sp³-hybridized carbons (Fsp3) is 0. The van der Waals surface area contributed by atoms with Crippen LogP contribution in [0.25, 0.3) is 188 Å². The lowest BCUT2D eigenvalue weighted by Crippen LogP contribution is -2.05. The molecule has 0 fully saturated rings. The van der Waals surface area contributed by atoms with Gasteiger partial charge in [-0.05, 0) is 206 Å². The second kappa shape index (κ2) is 22.3. The summed E-state index contributed by atoms with van der Waals surface area (Å²) < 4.78 is 9.57. The zero-order valence-corrected chi connectivity index (χ0v) is 53.3. The number of hydrogen-bond acceptors (Lipinski definition) is 1. The molecule has 98 heavy (non-hydrogen) atoms. The Balaban J connectivity index is 0.773. The van der Waals surface area contributed by atoms with Crippen LogP contribution in [0.2, 0.25) is 0 Å². The van der Waals surface area contributed by atoms with Gasteiger partial charge in [-0.15, -0.1) is 0 Å². The highest BCUT2D eigenvalue weighted by Crippen LogP contribution is 2.44. The number of para-hydroxylation sites is 6. The molecule has 0 radical (unpaired) electrons. The summed E-state index contributed by atoms with van der Waals surface area (Å²) in [6, 6.07) is 131. The Bertz CT molecular complexity index is 6530. The van der Waals surface area contributed by atoms with Crippen molar-refractivity contribution in [3.05, 3.63) is 358 Å². The maximum absolute atomic E-state index is 5.97. The van der Waals surface area contributed by atoms with E-state index in [1.54, 1.807) is 0 Å². The number of benzene rings is 15. The Hall–Kier alpha value is -13.1. The molecule has 0 aliphatic rings. The molecule has 456 valence electrons. The zero-order chi connectivity index (χ0) is 64.4. The van der Waals surface area contributed by atoms with Gasteiger partial charge in [-0.25, -0.2) is 4.98 Å². The van der Waals surface area contributed by atoms with E-state index in [-0.39, 0.29) is 0 Å². The molecular formula is C93H59N5. The van der Waals surface area contributed by atoms with E-state index in [4.69, 9.17) is 4.98 Å². The number of nitrogens with zero attached hydrogens (tertiary/aromatic N) is 5. The fourth-order valence-electron chi connectivity index (χ4n) is 15.8. The molecule has 5 aromatic heterocycles. The third-order valence-electron chi connectivity index (χ3n) is 20.3. The Morgan fingerprint density at radius 1 is 0.163 bits per heavy atom. The van der Waals surface area contributed by atoms with Gasteiger partial charge in [0.05, 0.1) is 44.1 Å². The van der Waals surface area contributed by atoms with Gasteiger partial charge in [0.25, 0.3) is 0 Å². The maximum atomic E-state index is 5.97. The van der Waals surface area contributed by atoms with Gasteiger partial charge in [-0.1, -0.05) is 224 Å². The van der Waals surface area contributed by atoms with Crippen LogP contribution in [0.4, 0.5) is 0 Å². The average molecular weight is 1250 g/mol. The van der Waals surface area contributed by atoms with Crippen molar-refractivity contribution in [2.45, 2.75) is 0 Å². The summed E-state index contributed by atoms with van der Waals surface area (Å²) in [4.78, 5) is 5.97. The summed E-state index contributed by atoms with van der Waals surface area (Å²) >= 11 is 0. The van der Waals surface area contributed by atoms with E-state index in [9.17, 15) is 0 Å². The molecule has 5 heterocycles. The van der Waals surface area contributed by atoms with Gasteiger partial charge in [-0.2, -0.15) is 0 Å². The van der Waals surface area contributed by atoms with E-state index < -0.39 is 0 Å². The largest absolute Gasteiger partial charge is 0.309 e. The number of hydrogen-bond donors (Lipinski definition) is 0. The molecule has 15 aromatic carbocycles. The van der Waals surface area contributed by atoms with E-state index >= 15 is 0 Å². The number of aromatic nitrogens is 5. The first-order valence-corrected chi connectivity index (χ1v) is 33.7. The van der Waals surface area contributed by atoms with E-state index in [0.29, 0.717) is 0 Å². The number of pyridine rings is 1. The molecule has 0 saturated carbocycles. The molecule has 0 N–H and O–H groups in total. The van der Waals surface area contributed by atoms with Crippen LogP contribution in [-0.4, -0.2) is 23.3 Å². The smallest absolute Gasteiger partial charge is 0.148 e. The van der Waals surface area contributed by atoms with Crippen LogP contribution in [0.1, 0.15) is 0 Å². The standard InChI is InChI=1S/C93H59N5/c1-5-22-60(23-6-1)69-52-70(61-24-7-2-8-25-61)54-71(53-69)63-27-21-26-62(50-63)64-40-45-75-72(51-64)59-92(97-86-38-19-15-34-78(86)82-57-67(43-48-90(82)97)65-41-46-88-80(55-65)76-32-13-17-36-84(76)95(88)73-28-9-3-10-29-73)94-93(75)98-87-39-20-16-35-79(87)83-58-68(44-49-91(83)98)66-42-47-89-81(56-66)77-33-14-18-37-85(77)96(89)74-30-11-4-12-31-74/h1-59H. The van der Waals surface area contributed by atoms with Gasteiger partial charge >= 0.3 is 0 Å². The Labute approximate surface area is 565 Å². The second-order valence-corrected chi connectivity index (χ2v) is 25.9. The second-order valence-electron chi connectivity index (χ2n) is 25.9. The van der Waals surface area contributed by atoms with Crippen molar-refractivity contribution in [3.8, 4) is 89.8 Å². The molecule has 0 atom stereocenters. The summed E-state index contributed by atoms with van der Waals surface area (Å²) in [5, 5.41) is 11.7. The lowest BCUT2D eigenvalue weighted by molar-refractivity contribution is 1.03. The van der Waals surface area contributed by atoms with Crippen molar-refractivity contribution in [1.29, 1.82) is 0 Å². The Morgan fingerprint density at radius 3 is 0.908 bits per heavy atom. The molecule has 5 nitrogen and oxygen atoms in total. The van der Waals surface area contributed by atoms with Crippen molar-refractivity contribution < 1.29 is 0 Å². The quantitative estimate of drug-likeness (QED) is 0.134. The van der Waals surface area contributed by atoms with Gasteiger partial charge < -0.3 is 9.13 Å². The SMILES string of the molecule is c1ccc(-c2cc(-c3ccccc3)cc(-c3cccc(-c4ccc5c(-n6c7ccccc7c7cc(-c8ccc9c(c8)c8ccccc8n9-c8ccccc8)ccc76)nc(-n6c7ccccc7c7cc(-c8ccc9c(c8)c8ccccc8n9-c8ccccc8)ccc76)cc5c4)c3)c2)cc1. The topological polar surface area (TPSA) is 32.6 Å². The minimum absolute atomic E-state index is 0.837. The van der Waals surface area contributed by atoms with E-state index in [0.717, 1.165) is 100 Å². The highest BCUT2D eigenvalue weighted by atomic mass is 15.1. The van der Waals surface area contributed by atoms with Crippen LogP contribution in [0.15, 0.2) is 358 Å². The van der Waals surface area contributed by atoms with Crippen molar-refractivity contribution in [2.75, 3.05) is 0 Å². The molecule has 0 bridgehead atoms. The predicted octanol–water partition coefficient (Wildman–Crippen LogP) is 24.6. The van der Waals surface area contributed by atoms with Crippen LogP contribution in [0.3, 0.4) is 0 Å². The van der Waals surface area contributed by atoms with E-state index in [2.05, 4.69) is 376 Å². The van der Waals surface area contributed by atoms with Gasteiger partial charge in [0.15, 0.2) is 0 Å². The van der Waals surface area contributed by atoms with E-state index in [1.807, 2.05) is 0 Å². The normalized spacial score (nSPS) is 11.9. The first-order chi connectivity index (χ1) is 48.6. The molecule has 20 rings (SSSR count). The van der Waals surface area contributed by atoms with Gasteiger partial charge in [0.2, 0.25) is 0 Å². The van der Waals surface area contributed by atoms with E-state index in [1.165, 1.54) is 87.8 Å². The van der Waals surface area contributed by atoms with Crippen LogP contribution in [0, 0.1) is 0 Å². The van der Waals surface area contributed by atoms with Crippen molar-refractivity contribution >= 4 is 98.0 Å². The number of rotatable bonds is 10. The van der Waals surface area contributed by atoms with Gasteiger partial charge in [0, 0.05) is 59.9 Å². The maximum Gasteiger partial charge on any atom is 0.148 e. The summed E-state index contributed by atoms with van der Waals surface area (Å²) in [6.45, 7) is 0.